The van der Waals surface area contributed by atoms with Crippen LogP contribution < -0.4 is 5.32 Å². The number of rotatable bonds is 1. The van der Waals surface area contributed by atoms with E-state index in [0.29, 0.717) is 0 Å². The standard InChI is InChI=1S/C9H18N2/c1-2-11-6-8-4-3-5-10-9(8)7-11/h8-10H,2-7H2,1H3/t8-,9-/m0/s1. The molecule has 64 valence electrons. The highest BCUT2D eigenvalue weighted by atomic mass is 15.2. The molecule has 0 amide bonds. The predicted molar refractivity (Wildman–Crippen MR) is 46.6 cm³/mol. The van der Waals surface area contributed by atoms with Gasteiger partial charge in [-0.05, 0) is 31.8 Å². The largest absolute Gasteiger partial charge is 0.312 e. The van der Waals surface area contributed by atoms with Gasteiger partial charge >= 0.3 is 0 Å². The second-order valence-corrected chi connectivity index (χ2v) is 3.82. The predicted octanol–water partition coefficient (Wildman–Crippen LogP) is 0.690. The zero-order valence-electron chi connectivity index (χ0n) is 7.34. The Morgan fingerprint density at radius 1 is 1.45 bits per heavy atom. The van der Waals surface area contributed by atoms with Gasteiger partial charge in [-0.25, -0.2) is 0 Å². The second kappa shape index (κ2) is 3.11. The number of likely N-dealkylation sites (N-methyl/N-ethyl adjacent to an activating group) is 1. The molecule has 1 N–H and O–H groups in total. The first-order valence-corrected chi connectivity index (χ1v) is 4.86. The smallest absolute Gasteiger partial charge is 0.0235 e. The van der Waals surface area contributed by atoms with Crippen molar-refractivity contribution in [2.24, 2.45) is 5.92 Å². The first kappa shape index (κ1) is 7.56. The fourth-order valence-electron chi connectivity index (χ4n) is 2.39. The Morgan fingerprint density at radius 3 is 3.09 bits per heavy atom. The van der Waals surface area contributed by atoms with E-state index in [0.717, 1.165) is 12.0 Å². The van der Waals surface area contributed by atoms with Crippen molar-refractivity contribution in [1.29, 1.82) is 0 Å². The fourth-order valence-corrected chi connectivity index (χ4v) is 2.39. The lowest BCUT2D eigenvalue weighted by Gasteiger charge is -2.24. The minimum atomic E-state index is 0.823. The SMILES string of the molecule is CCN1C[C@@H]2CCCN[C@H]2C1. The monoisotopic (exact) mass is 154 g/mol. The van der Waals surface area contributed by atoms with Crippen molar-refractivity contribution in [2.45, 2.75) is 25.8 Å². The summed E-state index contributed by atoms with van der Waals surface area (Å²) in [4.78, 5) is 2.56. The van der Waals surface area contributed by atoms with E-state index in [1.54, 1.807) is 0 Å². The van der Waals surface area contributed by atoms with Crippen molar-refractivity contribution in [2.75, 3.05) is 26.2 Å². The van der Waals surface area contributed by atoms with Gasteiger partial charge in [0.25, 0.3) is 0 Å². The molecule has 2 rings (SSSR count). The van der Waals surface area contributed by atoms with Gasteiger partial charge in [0.05, 0.1) is 0 Å². The molecule has 0 bridgehead atoms. The summed E-state index contributed by atoms with van der Waals surface area (Å²) in [6.07, 6.45) is 2.84. The van der Waals surface area contributed by atoms with Gasteiger partial charge in [-0.15, -0.1) is 0 Å². The van der Waals surface area contributed by atoms with E-state index in [-0.39, 0.29) is 0 Å². The molecule has 2 aliphatic rings. The van der Waals surface area contributed by atoms with Crippen molar-refractivity contribution in [3.63, 3.8) is 0 Å². The Bertz CT molecular complexity index is 122. The van der Waals surface area contributed by atoms with E-state index in [1.165, 1.54) is 39.0 Å². The summed E-state index contributed by atoms with van der Waals surface area (Å²) in [5, 5.41) is 3.60. The van der Waals surface area contributed by atoms with E-state index < -0.39 is 0 Å². The lowest BCUT2D eigenvalue weighted by molar-refractivity contribution is 0.331. The molecule has 2 atom stereocenters. The van der Waals surface area contributed by atoms with E-state index in [4.69, 9.17) is 0 Å². The average Bonchev–Trinajstić information content (AvgIpc) is 2.46. The van der Waals surface area contributed by atoms with Crippen LogP contribution in [0.25, 0.3) is 0 Å². The summed E-state index contributed by atoms with van der Waals surface area (Å²) in [7, 11) is 0. The first-order chi connectivity index (χ1) is 5.40. The minimum absolute atomic E-state index is 0.823. The molecule has 2 aliphatic heterocycles. The van der Waals surface area contributed by atoms with Gasteiger partial charge in [0.15, 0.2) is 0 Å². The van der Waals surface area contributed by atoms with Crippen LogP contribution >= 0.6 is 0 Å². The highest BCUT2D eigenvalue weighted by Crippen LogP contribution is 2.24. The van der Waals surface area contributed by atoms with Crippen molar-refractivity contribution < 1.29 is 0 Å². The molecule has 2 heteroatoms. The molecular formula is C9H18N2. The summed E-state index contributed by atoms with van der Waals surface area (Å²) in [6.45, 7) is 7.38. The van der Waals surface area contributed by atoms with E-state index in [2.05, 4.69) is 17.1 Å². The third-order valence-electron chi connectivity index (χ3n) is 3.12. The average molecular weight is 154 g/mol. The molecule has 0 aliphatic carbocycles. The molecule has 11 heavy (non-hydrogen) atoms. The number of fused-ring (bicyclic) bond motifs is 1. The number of hydrogen-bond donors (Lipinski definition) is 1. The topological polar surface area (TPSA) is 15.3 Å². The fraction of sp³-hybridized carbons (Fsp3) is 1.00. The lowest BCUT2D eigenvalue weighted by atomic mass is 9.94. The molecule has 0 saturated carbocycles. The quantitative estimate of drug-likeness (QED) is 0.598. The normalized spacial score (nSPS) is 39.0. The highest BCUT2D eigenvalue weighted by molar-refractivity contribution is 4.91. The lowest BCUT2D eigenvalue weighted by Crippen LogP contribution is -2.40. The maximum Gasteiger partial charge on any atom is 0.0235 e. The second-order valence-electron chi connectivity index (χ2n) is 3.82. The highest BCUT2D eigenvalue weighted by Gasteiger charge is 2.32. The van der Waals surface area contributed by atoms with Crippen molar-refractivity contribution in [1.82, 2.24) is 10.2 Å². The van der Waals surface area contributed by atoms with Crippen LogP contribution in [-0.2, 0) is 0 Å². The summed E-state index contributed by atoms with van der Waals surface area (Å²) < 4.78 is 0. The summed E-state index contributed by atoms with van der Waals surface area (Å²) in [5.41, 5.74) is 0. The summed E-state index contributed by atoms with van der Waals surface area (Å²) in [6, 6.07) is 0.823. The van der Waals surface area contributed by atoms with Crippen LogP contribution in [0.4, 0.5) is 0 Å². The molecule has 0 unspecified atom stereocenters. The molecule has 0 aromatic carbocycles. The van der Waals surface area contributed by atoms with Crippen LogP contribution in [0.2, 0.25) is 0 Å². The van der Waals surface area contributed by atoms with Crippen molar-refractivity contribution in [3.05, 3.63) is 0 Å². The number of likely N-dealkylation sites (tertiary alicyclic amines) is 1. The number of piperidine rings is 1. The summed E-state index contributed by atoms with van der Waals surface area (Å²) >= 11 is 0. The third-order valence-corrected chi connectivity index (χ3v) is 3.12. The molecule has 0 aromatic rings. The van der Waals surface area contributed by atoms with Gasteiger partial charge < -0.3 is 10.2 Å². The van der Waals surface area contributed by atoms with Gasteiger partial charge in [-0.3, -0.25) is 0 Å². The number of hydrogen-bond acceptors (Lipinski definition) is 2. The van der Waals surface area contributed by atoms with E-state index in [9.17, 15) is 0 Å². The zero-order chi connectivity index (χ0) is 7.68. The van der Waals surface area contributed by atoms with E-state index >= 15 is 0 Å². The zero-order valence-corrected chi connectivity index (χ0v) is 7.34. The molecular weight excluding hydrogens is 136 g/mol. The molecule has 2 heterocycles. The molecule has 2 fully saturated rings. The molecule has 0 radical (unpaired) electrons. The Kier molecular flexibility index (Phi) is 2.14. The van der Waals surface area contributed by atoms with Crippen LogP contribution in [0.15, 0.2) is 0 Å². The van der Waals surface area contributed by atoms with Gasteiger partial charge in [0.1, 0.15) is 0 Å². The Morgan fingerprint density at radius 2 is 2.36 bits per heavy atom. The van der Waals surface area contributed by atoms with Crippen LogP contribution in [0.5, 0.6) is 0 Å². The number of nitrogens with one attached hydrogen (secondary N) is 1. The van der Waals surface area contributed by atoms with Gasteiger partial charge in [-0.1, -0.05) is 6.92 Å². The maximum absolute atomic E-state index is 3.60. The van der Waals surface area contributed by atoms with Crippen LogP contribution in [0.1, 0.15) is 19.8 Å². The van der Waals surface area contributed by atoms with Crippen molar-refractivity contribution in [3.8, 4) is 0 Å². The van der Waals surface area contributed by atoms with Crippen LogP contribution in [-0.4, -0.2) is 37.1 Å². The molecule has 0 spiro atoms. The van der Waals surface area contributed by atoms with Gasteiger partial charge in [0.2, 0.25) is 0 Å². The van der Waals surface area contributed by atoms with E-state index in [1.807, 2.05) is 0 Å². The first-order valence-electron chi connectivity index (χ1n) is 4.86. The maximum atomic E-state index is 3.60. The van der Waals surface area contributed by atoms with Crippen LogP contribution in [0.3, 0.4) is 0 Å². The Balaban J connectivity index is 1.92. The summed E-state index contributed by atoms with van der Waals surface area (Å²) in [5.74, 6) is 0.962. The van der Waals surface area contributed by atoms with Gasteiger partial charge in [-0.2, -0.15) is 0 Å². The van der Waals surface area contributed by atoms with Crippen molar-refractivity contribution >= 4 is 0 Å². The van der Waals surface area contributed by atoms with Gasteiger partial charge in [0, 0.05) is 19.1 Å². The molecule has 0 aromatic heterocycles. The Labute approximate surface area is 69.0 Å². The third kappa shape index (κ3) is 1.42. The molecule has 2 saturated heterocycles. The molecule has 2 nitrogen and oxygen atoms in total. The minimum Gasteiger partial charge on any atom is -0.312 e. The number of nitrogens with zero attached hydrogens (tertiary/aromatic N) is 1. The Hall–Kier alpha value is -0.0800. The van der Waals surface area contributed by atoms with Crippen LogP contribution in [0, 0.1) is 5.92 Å².